The third-order valence-corrected chi connectivity index (χ3v) is 6.25. The van der Waals surface area contributed by atoms with Gasteiger partial charge in [-0.25, -0.2) is 8.42 Å². The smallest absolute Gasteiger partial charge is 0.243 e. The molecule has 0 amide bonds. The van der Waals surface area contributed by atoms with Crippen LogP contribution in [0.25, 0.3) is 0 Å². The van der Waals surface area contributed by atoms with Crippen LogP contribution >= 0.6 is 0 Å². The van der Waals surface area contributed by atoms with Crippen molar-refractivity contribution in [2.24, 2.45) is 0 Å². The lowest BCUT2D eigenvalue weighted by atomic mass is 10.1. The Morgan fingerprint density at radius 2 is 1.92 bits per heavy atom. The molecule has 0 N–H and O–H groups in total. The maximum Gasteiger partial charge on any atom is 0.243 e. The van der Waals surface area contributed by atoms with E-state index in [0.29, 0.717) is 23.9 Å². The number of rotatable bonds is 5. The van der Waals surface area contributed by atoms with Crippen molar-refractivity contribution >= 4 is 10.0 Å². The standard InChI is InChI=1S/C18H23N3O3S/c1-3-15-7-9-17(10-8-15)25(22,23)21-12-4-5-16(13-21)24-18-11-6-14(2)19-20-18/h6-11,16H,3-5,12-13H2,1-2H3. The van der Waals surface area contributed by atoms with Crippen molar-refractivity contribution in [2.45, 2.75) is 44.1 Å². The molecular formula is C18H23N3O3S. The molecule has 2 heterocycles. The summed E-state index contributed by atoms with van der Waals surface area (Å²) in [5, 5.41) is 7.97. The Balaban J connectivity index is 1.71. The third-order valence-electron chi connectivity index (χ3n) is 4.37. The van der Waals surface area contributed by atoms with Crippen LogP contribution < -0.4 is 4.74 Å². The fourth-order valence-corrected chi connectivity index (χ4v) is 4.40. The van der Waals surface area contributed by atoms with E-state index in [1.54, 1.807) is 18.2 Å². The van der Waals surface area contributed by atoms with Gasteiger partial charge in [0.25, 0.3) is 0 Å². The topological polar surface area (TPSA) is 72.4 Å². The van der Waals surface area contributed by atoms with Gasteiger partial charge in [0.05, 0.1) is 17.1 Å². The minimum Gasteiger partial charge on any atom is -0.472 e. The second kappa shape index (κ2) is 7.49. The lowest BCUT2D eigenvalue weighted by Crippen LogP contribution is -2.44. The molecule has 0 radical (unpaired) electrons. The number of aromatic nitrogens is 2. The average Bonchev–Trinajstić information content (AvgIpc) is 2.64. The first-order valence-electron chi connectivity index (χ1n) is 8.55. The second-order valence-electron chi connectivity index (χ2n) is 6.26. The lowest BCUT2D eigenvalue weighted by Gasteiger charge is -2.31. The number of hydrogen-bond acceptors (Lipinski definition) is 5. The third kappa shape index (κ3) is 4.16. The Hall–Kier alpha value is -1.99. The number of hydrogen-bond donors (Lipinski definition) is 0. The quantitative estimate of drug-likeness (QED) is 0.818. The molecule has 1 aliphatic rings. The molecule has 0 bridgehead atoms. The monoisotopic (exact) mass is 361 g/mol. The molecule has 1 aliphatic heterocycles. The van der Waals surface area contributed by atoms with Crippen LogP contribution in [0.4, 0.5) is 0 Å². The van der Waals surface area contributed by atoms with Gasteiger partial charge < -0.3 is 4.74 Å². The van der Waals surface area contributed by atoms with E-state index in [0.717, 1.165) is 30.5 Å². The van der Waals surface area contributed by atoms with Crippen LogP contribution in [0.5, 0.6) is 5.88 Å². The SMILES string of the molecule is CCc1ccc(S(=O)(=O)N2CCCC(Oc3ccc(C)nn3)C2)cc1. The van der Waals surface area contributed by atoms with Crippen LogP contribution in [0, 0.1) is 6.92 Å². The van der Waals surface area contributed by atoms with Crippen molar-refractivity contribution in [1.29, 1.82) is 0 Å². The number of sulfonamides is 1. The zero-order chi connectivity index (χ0) is 17.9. The van der Waals surface area contributed by atoms with Crippen molar-refractivity contribution in [1.82, 2.24) is 14.5 Å². The van der Waals surface area contributed by atoms with Crippen molar-refractivity contribution in [3.63, 3.8) is 0 Å². The van der Waals surface area contributed by atoms with Crippen molar-refractivity contribution < 1.29 is 13.2 Å². The van der Waals surface area contributed by atoms with Crippen LogP contribution in [0.1, 0.15) is 31.0 Å². The molecule has 0 aliphatic carbocycles. The molecule has 3 rings (SSSR count). The van der Waals surface area contributed by atoms with Crippen LogP contribution in [-0.2, 0) is 16.4 Å². The van der Waals surface area contributed by atoms with Gasteiger partial charge in [0.2, 0.25) is 15.9 Å². The van der Waals surface area contributed by atoms with E-state index in [-0.39, 0.29) is 6.10 Å². The largest absolute Gasteiger partial charge is 0.472 e. The van der Waals surface area contributed by atoms with Crippen LogP contribution in [-0.4, -0.2) is 42.1 Å². The first kappa shape index (κ1) is 17.8. The maximum absolute atomic E-state index is 12.9. The van der Waals surface area contributed by atoms with Crippen molar-refractivity contribution in [3.05, 3.63) is 47.7 Å². The van der Waals surface area contributed by atoms with E-state index in [4.69, 9.17) is 4.74 Å². The number of benzene rings is 1. The summed E-state index contributed by atoms with van der Waals surface area (Å²) < 4.78 is 33.1. The fourth-order valence-electron chi connectivity index (χ4n) is 2.89. The van der Waals surface area contributed by atoms with Gasteiger partial charge in [-0.3, -0.25) is 0 Å². The molecule has 134 valence electrons. The Bertz CT molecular complexity index is 804. The van der Waals surface area contributed by atoms with Gasteiger partial charge in [-0.15, -0.1) is 5.10 Å². The molecular weight excluding hydrogens is 338 g/mol. The molecule has 1 atom stereocenters. The molecule has 0 saturated carbocycles. The normalized spacial score (nSPS) is 18.9. The minimum atomic E-state index is -3.50. The molecule has 2 aromatic rings. The number of nitrogens with zero attached hydrogens (tertiary/aromatic N) is 3. The molecule has 1 aromatic heterocycles. The van der Waals surface area contributed by atoms with E-state index in [1.807, 2.05) is 32.0 Å². The maximum atomic E-state index is 12.9. The van der Waals surface area contributed by atoms with E-state index in [9.17, 15) is 8.42 Å². The summed E-state index contributed by atoms with van der Waals surface area (Å²) in [6.45, 7) is 4.74. The lowest BCUT2D eigenvalue weighted by molar-refractivity contribution is 0.123. The number of aryl methyl sites for hydroxylation is 2. The van der Waals surface area contributed by atoms with Crippen LogP contribution in [0.3, 0.4) is 0 Å². The molecule has 1 saturated heterocycles. The van der Waals surface area contributed by atoms with Crippen LogP contribution in [0.2, 0.25) is 0 Å². The number of ether oxygens (including phenoxy) is 1. The van der Waals surface area contributed by atoms with Gasteiger partial charge in [-0.1, -0.05) is 19.1 Å². The molecule has 25 heavy (non-hydrogen) atoms. The van der Waals surface area contributed by atoms with Gasteiger partial charge in [-0.2, -0.15) is 9.40 Å². The summed E-state index contributed by atoms with van der Waals surface area (Å²) in [7, 11) is -3.50. The second-order valence-corrected chi connectivity index (χ2v) is 8.19. The summed E-state index contributed by atoms with van der Waals surface area (Å²) in [6.07, 6.45) is 2.24. The van der Waals surface area contributed by atoms with Gasteiger partial charge in [0, 0.05) is 12.6 Å². The van der Waals surface area contributed by atoms with E-state index in [1.165, 1.54) is 4.31 Å². The number of piperidine rings is 1. The van der Waals surface area contributed by atoms with Gasteiger partial charge in [0.15, 0.2) is 0 Å². The van der Waals surface area contributed by atoms with Crippen LogP contribution in [0.15, 0.2) is 41.3 Å². The zero-order valence-corrected chi connectivity index (χ0v) is 15.4. The molecule has 1 aromatic carbocycles. The van der Waals surface area contributed by atoms with Gasteiger partial charge >= 0.3 is 0 Å². The Kier molecular flexibility index (Phi) is 5.34. The minimum absolute atomic E-state index is 0.213. The predicted octanol–water partition coefficient (Wildman–Crippen LogP) is 2.58. The molecule has 1 unspecified atom stereocenters. The summed E-state index contributed by atoms with van der Waals surface area (Å²) in [4.78, 5) is 0.334. The highest BCUT2D eigenvalue weighted by Gasteiger charge is 2.31. The highest BCUT2D eigenvalue weighted by atomic mass is 32.2. The molecule has 6 nitrogen and oxygen atoms in total. The van der Waals surface area contributed by atoms with Crippen molar-refractivity contribution in [3.8, 4) is 5.88 Å². The Labute approximate surface area is 148 Å². The van der Waals surface area contributed by atoms with E-state index >= 15 is 0 Å². The fraction of sp³-hybridized carbons (Fsp3) is 0.444. The summed E-state index contributed by atoms with van der Waals surface area (Å²) in [5.41, 5.74) is 1.94. The Morgan fingerprint density at radius 3 is 2.56 bits per heavy atom. The van der Waals surface area contributed by atoms with Gasteiger partial charge in [0.1, 0.15) is 6.10 Å². The summed E-state index contributed by atoms with van der Waals surface area (Å²) in [5.74, 6) is 0.433. The molecule has 0 spiro atoms. The zero-order valence-electron chi connectivity index (χ0n) is 14.6. The van der Waals surface area contributed by atoms with Gasteiger partial charge in [-0.05, 0) is 49.9 Å². The Morgan fingerprint density at radius 1 is 1.16 bits per heavy atom. The summed E-state index contributed by atoms with van der Waals surface area (Å²) in [6, 6.07) is 10.7. The first-order chi connectivity index (χ1) is 12.0. The highest BCUT2D eigenvalue weighted by Crippen LogP contribution is 2.23. The van der Waals surface area contributed by atoms with E-state index in [2.05, 4.69) is 10.2 Å². The first-order valence-corrected chi connectivity index (χ1v) is 9.99. The van der Waals surface area contributed by atoms with Crippen molar-refractivity contribution in [2.75, 3.05) is 13.1 Å². The summed E-state index contributed by atoms with van der Waals surface area (Å²) >= 11 is 0. The highest BCUT2D eigenvalue weighted by molar-refractivity contribution is 7.89. The molecule has 7 heteroatoms. The van der Waals surface area contributed by atoms with E-state index < -0.39 is 10.0 Å². The molecule has 1 fully saturated rings. The average molecular weight is 361 g/mol. The predicted molar refractivity (Wildman–Crippen MR) is 95.0 cm³/mol.